The molecule has 0 fully saturated rings. The number of aromatic nitrogens is 2. The smallest absolute Gasteiger partial charge is 0.249 e. The van der Waals surface area contributed by atoms with Gasteiger partial charge in [0.2, 0.25) is 5.91 Å². The van der Waals surface area contributed by atoms with E-state index in [1.807, 2.05) is 32.0 Å². The summed E-state index contributed by atoms with van der Waals surface area (Å²) in [6.45, 7) is 10.7. The van der Waals surface area contributed by atoms with Crippen LogP contribution in [0.2, 0.25) is 0 Å². The van der Waals surface area contributed by atoms with E-state index in [4.69, 9.17) is 5.10 Å². The number of nitrogens with zero attached hydrogens (tertiary/aromatic N) is 2. The first kappa shape index (κ1) is 16.9. The number of fused-ring (bicyclic) bond motifs is 1. The van der Waals surface area contributed by atoms with Gasteiger partial charge in [0.1, 0.15) is 0 Å². The fraction of sp³-hybridized carbons (Fsp3) is 0.524. The molecule has 0 N–H and O–H groups in total. The van der Waals surface area contributed by atoms with Crippen molar-refractivity contribution in [1.29, 1.82) is 0 Å². The Labute approximate surface area is 145 Å². The summed E-state index contributed by atoms with van der Waals surface area (Å²) in [5.41, 5.74) is 4.55. The minimum Gasteiger partial charge on any atom is -0.272 e. The predicted octanol–water partition coefficient (Wildman–Crippen LogP) is 5.48. The van der Waals surface area contributed by atoms with Crippen LogP contribution in [-0.2, 0) is 0 Å². The first-order chi connectivity index (χ1) is 11.4. The molecular formula is C21H28N2O. The first-order valence-corrected chi connectivity index (χ1v) is 9.14. The normalized spacial score (nSPS) is 20.5. The van der Waals surface area contributed by atoms with Gasteiger partial charge < -0.3 is 0 Å². The summed E-state index contributed by atoms with van der Waals surface area (Å²) >= 11 is 0. The van der Waals surface area contributed by atoms with Crippen molar-refractivity contribution in [1.82, 2.24) is 9.78 Å². The van der Waals surface area contributed by atoms with Crippen molar-refractivity contribution in [2.45, 2.75) is 59.3 Å². The van der Waals surface area contributed by atoms with E-state index in [9.17, 15) is 4.79 Å². The Morgan fingerprint density at radius 3 is 2.38 bits per heavy atom. The quantitative estimate of drug-likeness (QED) is 0.749. The van der Waals surface area contributed by atoms with Crippen LogP contribution in [0.15, 0.2) is 30.3 Å². The Morgan fingerprint density at radius 1 is 1.12 bits per heavy atom. The Kier molecular flexibility index (Phi) is 4.62. The maximum Gasteiger partial charge on any atom is 0.249 e. The summed E-state index contributed by atoms with van der Waals surface area (Å²) in [5.74, 6) is 1.44. The minimum absolute atomic E-state index is 0.0679. The molecule has 0 saturated carbocycles. The molecule has 1 aromatic heterocycles. The van der Waals surface area contributed by atoms with Gasteiger partial charge in [0.05, 0.1) is 11.4 Å². The summed E-state index contributed by atoms with van der Waals surface area (Å²) in [6.07, 6.45) is 2.32. The van der Waals surface area contributed by atoms with Crippen LogP contribution in [-0.4, -0.2) is 15.7 Å². The van der Waals surface area contributed by atoms with Gasteiger partial charge in [-0.3, -0.25) is 4.79 Å². The van der Waals surface area contributed by atoms with E-state index < -0.39 is 0 Å². The van der Waals surface area contributed by atoms with E-state index in [-0.39, 0.29) is 11.8 Å². The molecule has 1 aliphatic carbocycles. The molecule has 3 heteroatoms. The monoisotopic (exact) mass is 324 g/mol. The second kappa shape index (κ2) is 6.54. The van der Waals surface area contributed by atoms with Crippen molar-refractivity contribution in [2.24, 2.45) is 11.8 Å². The highest BCUT2D eigenvalue weighted by molar-refractivity contribution is 5.86. The fourth-order valence-electron chi connectivity index (χ4n) is 3.84. The Bertz CT molecular complexity index is 728. The molecule has 2 atom stereocenters. The van der Waals surface area contributed by atoms with Crippen LogP contribution in [0, 0.1) is 11.8 Å². The molecule has 0 saturated heterocycles. The molecular weight excluding hydrogens is 296 g/mol. The molecule has 3 rings (SSSR count). The van der Waals surface area contributed by atoms with Crippen molar-refractivity contribution in [3.63, 3.8) is 0 Å². The summed E-state index contributed by atoms with van der Waals surface area (Å²) in [5, 5.41) is 4.87. The number of rotatable bonds is 3. The number of carbonyl (C=O) groups is 1. The number of hydrogen-bond acceptors (Lipinski definition) is 2. The lowest BCUT2D eigenvalue weighted by molar-refractivity contribution is 0.0840. The molecule has 0 aliphatic heterocycles. The zero-order valence-corrected chi connectivity index (χ0v) is 15.4. The van der Waals surface area contributed by atoms with E-state index in [0.717, 1.165) is 29.8 Å². The van der Waals surface area contributed by atoms with Gasteiger partial charge >= 0.3 is 0 Å². The van der Waals surface area contributed by atoms with E-state index in [1.54, 1.807) is 4.68 Å². The minimum atomic E-state index is -0.0679. The van der Waals surface area contributed by atoms with Gasteiger partial charge in [-0.1, -0.05) is 65.0 Å². The lowest BCUT2D eigenvalue weighted by atomic mass is 9.75. The topological polar surface area (TPSA) is 34.9 Å². The molecule has 0 unspecified atom stereocenters. The predicted molar refractivity (Wildman–Crippen MR) is 98.4 cm³/mol. The summed E-state index contributed by atoms with van der Waals surface area (Å²) in [4.78, 5) is 12.8. The molecule has 0 bridgehead atoms. The lowest BCUT2D eigenvalue weighted by Crippen LogP contribution is -2.20. The van der Waals surface area contributed by atoms with Crippen molar-refractivity contribution in [3.05, 3.63) is 41.6 Å². The first-order valence-electron chi connectivity index (χ1n) is 9.14. The van der Waals surface area contributed by atoms with Crippen LogP contribution in [0.4, 0.5) is 0 Å². The number of carbonyl (C=O) groups excluding carboxylic acids is 1. The van der Waals surface area contributed by atoms with E-state index in [0.29, 0.717) is 17.8 Å². The third kappa shape index (κ3) is 2.81. The molecule has 1 aliphatic rings. The molecule has 0 spiro atoms. The van der Waals surface area contributed by atoms with Gasteiger partial charge in [-0.05, 0) is 24.7 Å². The van der Waals surface area contributed by atoms with Crippen LogP contribution in [0.1, 0.15) is 75.3 Å². The van der Waals surface area contributed by atoms with Crippen LogP contribution in [0.5, 0.6) is 0 Å². The van der Waals surface area contributed by atoms with Crippen LogP contribution in [0.25, 0.3) is 11.3 Å². The van der Waals surface area contributed by atoms with Gasteiger partial charge in [0.25, 0.3) is 0 Å². The lowest BCUT2D eigenvalue weighted by Gasteiger charge is -2.28. The third-order valence-corrected chi connectivity index (χ3v) is 5.26. The van der Waals surface area contributed by atoms with Crippen molar-refractivity contribution < 1.29 is 4.79 Å². The van der Waals surface area contributed by atoms with E-state index >= 15 is 0 Å². The summed E-state index contributed by atoms with van der Waals surface area (Å²) in [7, 11) is 0. The van der Waals surface area contributed by atoms with Crippen LogP contribution >= 0.6 is 0 Å². The van der Waals surface area contributed by atoms with Gasteiger partial charge in [0, 0.05) is 23.0 Å². The van der Waals surface area contributed by atoms with Crippen LogP contribution in [0.3, 0.4) is 0 Å². The zero-order valence-electron chi connectivity index (χ0n) is 15.4. The van der Waals surface area contributed by atoms with Crippen molar-refractivity contribution >= 4 is 5.91 Å². The molecule has 0 amide bonds. The molecule has 3 nitrogen and oxygen atoms in total. The Morgan fingerprint density at radius 2 is 1.79 bits per heavy atom. The Balaban J connectivity index is 2.27. The fourth-order valence-corrected chi connectivity index (χ4v) is 3.84. The van der Waals surface area contributed by atoms with Crippen molar-refractivity contribution in [2.75, 3.05) is 0 Å². The van der Waals surface area contributed by atoms with E-state index in [1.165, 1.54) is 5.56 Å². The average Bonchev–Trinajstić information content (AvgIpc) is 2.95. The second-order valence-corrected chi connectivity index (χ2v) is 7.75. The molecule has 1 heterocycles. The van der Waals surface area contributed by atoms with Crippen LogP contribution < -0.4 is 0 Å². The molecule has 2 aromatic rings. The number of benzene rings is 1. The van der Waals surface area contributed by atoms with Crippen molar-refractivity contribution in [3.8, 4) is 11.3 Å². The maximum atomic E-state index is 12.8. The highest BCUT2D eigenvalue weighted by Crippen LogP contribution is 2.45. The molecule has 24 heavy (non-hydrogen) atoms. The van der Waals surface area contributed by atoms with Gasteiger partial charge in [-0.15, -0.1) is 0 Å². The third-order valence-electron chi connectivity index (χ3n) is 5.26. The van der Waals surface area contributed by atoms with Gasteiger partial charge in [-0.2, -0.15) is 9.78 Å². The average molecular weight is 324 g/mol. The number of hydrogen-bond donors (Lipinski definition) is 0. The Hall–Kier alpha value is -1.90. The molecule has 128 valence electrons. The zero-order chi connectivity index (χ0) is 17.4. The van der Waals surface area contributed by atoms with E-state index in [2.05, 4.69) is 32.9 Å². The van der Waals surface area contributed by atoms with Gasteiger partial charge in [-0.25, -0.2) is 0 Å². The highest BCUT2D eigenvalue weighted by atomic mass is 16.2. The second-order valence-electron chi connectivity index (χ2n) is 7.75. The highest BCUT2D eigenvalue weighted by Gasteiger charge is 2.35. The molecule has 1 aromatic carbocycles. The largest absolute Gasteiger partial charge is 0.272 e. The summed E-state index contributed by atoms with van der Waals surface area (Å²) in [6, 6.07) is 10.3. The standard InChI is InChI=1S/C21H28N2O/c1-13(2)17-12-11-15(5)18-19(17)22-23(21(24)14(3)4)20(18)16-9-7-6-8-10-16/h6-10,13-15,17H,11-12H2,1-5H3/t15-,17+/m1/s1. The molecule has 0 radical (unpaired) electrons. The SMILES string of the molecule is CC(C)C(=O)n1nc2c(c1-c1ccccc1)[C@H](C)CC[C@H]2C(C)C. The summed E-state index contributed by atoms with van der Waals surface area (Å²) < 4.78 is 1.70. The maximum absolute atomic E-state index is 12.8. The van der Waals surface area contributed by atoms with Gasteiger partial charge in [0.15, 0.2) is 0 Å².